The summed E-state index contributed by atoms with van der Waals surface area (Å²) in [7, 11) is 0.707. The molecule has 0 aromatic carbocycles. The molecular formula is C29H52N3O8P. The Hall–Kier alpha value is -1.91. The number of aromatic amines is 1. The first-order chi connectivity index (χ1) is 20.4. The number of unbranched alkanes of at least 4 members (excludes halogenated alkanes) is 4. The second kappa shape index (κ2) is 19.3. The molecule has 1 aliphatic heterocycles. The van der Waals surface area contributed by atoms with E-state index in [1.807, 2.05) is 0 Å². The largest absolute Gasteiger partial charge is 0.459 e. The topological polar surface area (TPSA) is 140 Å². The normalized spacial score (nSPS) is 20.0. The molecule has 236 valence electrons. The van der Waals surface area contributed by atoms with Crippen LogP contribution in [0.25, 0.3) is 0 Å². The number of aliphatic hydroxyl groups excluding tert-OH is 1. The van der Waals surface area contributed by atoms with E-state index in [0.29, 0.717) is 24.1 Å². The second-order valence-corrected chi connectivity index (χ2v) is 12.4. The maximum Gasteiger partial charge on any atom is 0.330 e. The molecule has 41 heavy (non-hydrogen) atoms. The number of nitrogens with zero attached hydrogens (tertiary/aromatic N) is 2. The van der Waals surface area contributed by atoms with Crippen molar-refractivity contribution in [1.82, 2.24) is 14.2 Å². The molecule has 2 N–H and O–H groups in total. The molecule has 1 aromatic heterocycles. The molecule has 1 saturated heterocycles. The Bertz CT molecular complexity index is 1080. The molecule has 0 aliphatic carbocycles. The number of aromatic nitrogens is 2. The van der Waals surface area contributed by atoms with E-state index in [1.165, 1.54) is 17.9 Å². The third-order valence-electron chi connectivity index (χ3n) is 6.79. The van der Waals surface area contributed by atoms with Crippen molar-refractivity contribution in [3.05, 3.63) is 32.6 Å². The Morgan fingerprint density at radius 3 is 2.46 bits per heavy atom. The lowest BCUT2D eigenvalue weighted by atomic mass is 10.1. The summed E-state index contributed by atoms with van der Waals surface area (Å²) < 4.78 is 34.4. The Balaban J connectivity index is 0.00000295. The molecule has 0 bridgehead atoms. The highest BCUT2D eigenvalue weighted by Crippen LogP contribution is 2.41. The van der Waals surface area contributed by atoms with Crippen molar-refractivity contribution < 1.29 is 30.1 Å². The smallest absolute Gasteiger partial charge is 0.330 e. The van der Waals surface area contributed by atoms with Gasteiger partial charge < -0.3 is 19.1 Å². The number of nitrogens with one attached hydrogen (secondary N) is 1. The van der Waals surface area contributed by atoms with Gasteiger partial charge in [0.15, 0.2) is 0 Å². The van der Waals surface area contributed by atoms with E-state index in [9.17, 15) is 19.2 Å². The van der Waals surface area contributed by atoms with Gasteiger partial charge >= 0.3 is 11.7 Å². The Kier molecular flexibility index (Phi) is 15.8. The molecule has 0 saturated carbocycles. The fourth-order valence-electron chi connectivity index (χ4n) is 4.86. The quantitative estimate of drug-likeness (QED) is 0.150. The molecular weight excluding hydrogens is 549 g/mol. The number of rotatable bonds is 17. The van der Waals surface area contributed by atoms with E-state index in [1.54, 1.807) is 6.92 Å². The molecule has 2 heterocycles. The van der Waals surface area contributed by atoms with Crippen molar-refractivity contribution in [2.24, 2.45) is 0 Å². The van der Waals surface area contributed by atoms with Gasteiger partial charge in [-0.15, -0.1) is 0 Å². The van der Waals surface area contributed by atoms with Crippen LogP contribution < -0.4 is 11.2 Å². The predicted molar refractivity (Wildman–Crippen MR) is 161 cm³/mol. The van der Waals surface area contributed by atoms with Gasteiger partial charge in [-0.1, -0.05) is 19.3 Å². The molecule has 12 heteroatoms. The van der Waals surface area contributed by atoms with Crippen molar-refractivity contribution in [1.29, 1.82) is 1.43 Å². The van der Waals surface area contributed by atoms with Crippen molar-refractivity contribution in [2.45, 2.75) is 130 Å². The Morgan fingerprint density at radius 1 is 1.20 bits per heavy atom. The van der Waals surface area contributed by atoms with Crippen molar-refractivity contribution in [3.63, 3.8) is 0 Å². The van der Waals surface area contributed by atoms with Gasteiger partial charge in [-0.2, -0.15) is 0 Å². The van der Waals surface area contributed by atoms with Crippen molar-refractivity contribution in [3.8, 4) is 0 Å². The molecule has 1 aromatic rings. The maximum absolute atomic E-state index is 12.4. The number of aryl methyl sites for hydroxylation is 1. The minimum Gasteiger partial charge on any atom is -0.459 e. The van der Waals surface area contributed by atoms with Gasteiger partial charge in [0, 0.05) is 51.6 Å². The van der Waals surface area contributed by atoms with E-state index >= 15 is 0 Å². The number of H-pyrrole nitrogens is 1. The van der Waals surface area contributed by atoms with Gasteiger partial charge in [0.2, 0.25) is 1.43 Å². The van der Waals surface area contributed by atoms with Crippen LogP contribution in [-0.4, -0.2) is 77.2 Å². The summed E-state index contributed by atoms with van der Waals surface area (Å²) in [4.78, 5) is 50.7. The highest BCUT2D eigenvalue weighted by molar-refractivity contribution is 7.49. The fourth-order valence-corrected chi connectivity index (χ4v) is 6.69. The number of esters is 1. The number of aliphatic hydroxyl groups is 1. The zero-order chi connectivity index (χ0) is 32.5. The van der Waals surface area contributed by atoms with E-state index < -0.39 is 44.0 Å². The molecule has 4 atom stereocenters. The van der Waals surface area contributed by atoms with Crippen molar-refractivity contribution >= 4 is 20.1 Å². The lowest BCUT2D eigenvalue weighted by molar-refractivity contribution is -0.152. The lowest BCUT2D eigenvalue weighted by Crippen LogP contribution is -2.33. The van der Waals surface area contributed by atoms with E-state index in [-0.39, 0.29) is 31.9 Å². The number of ether oxygens (including phenoxy) is 2. The van der Waals surface area contributed by atoms with Crippen LogP contribution in [0.3, 0.4) is 0 Å². The van der Waals surface area contributed by atoms with Crippen LogP contribution in [0.15, 0.2) is 15.8 Å². The Morgan fingerprint density at radius 2 is 1.83 bits per heavy atom. The van der Waals surface area contributed by atoms with Crippen LogP contribution in [0.1, 0.15) is 106 Å². The SMILES string of the molecule is [2H]C[C@H]1O[C@@H](n2cc(C)c(=O)[nH]c2=O)CC1OC(=O)CCC(=O)CCCCCCCOP(C)N(C(C)C)C(C)C.[3H]OC. The zero-order valence-corrected chi connectivity index (χ0v) is 26.7. The van der Waals surface area contributed by atoms with Gasteiger partial charge in [0.1, 0.15) is 26.4 Å². The summed E-state index contributed by atoms with van der Waals surface area (Å²) in [5.74, 6) is -0.484. The lowest BCUT2D eigenvalue weighted by Gasteiger charge is -2.35. The summed E-state index contributed by atoms with van der Waals surface area (Å²) in [6.07, 6.45) is 4.90. The molecule has 0 radical (unpaired) electrons. The van der Waals surface area contributed by atoms with Crippen LogP contribution in [0.4, 0.5) is 0 Å². The summed E-state index contributed by atoms with van der Waals surface area (Å²) in [6.45, 7) is 13.1. The van der Waals surface area contributed by atoms with Crippen LogP contribution in [0.5, 0.6) is 0 Å². The number of Topliss-reactive ketones (excluding diaryl/α,β-unsaturated/α-hetero) is 1. The molecule has 1 aliphatic rings. The number of carbonyl (C=O) groups is 2. The molecule has 0 spiro atoms. The first-order valence-electron chi connectivity index (χ1n) is 15.6. The molecule has 2 unspecified atom stereocenters. The number of ketones is 1. The number of hydrogen-bond donors (Lipinski definition) is 2. The summed E-state index contributed by atoms with van der Waals surface area (Å²) in [5.41, 5.74) is -0.742. The highest BCUT2D eigenvalue weighted by atomic mass is 31.2. The fraction of sp³-hybridized carbons (Fsp3) is 0.793. The van der Waals surface area contributed by atoms with E-state index in [4.69, 9.17) is 16.8 Å². The van der Waals surface area contributed by atoms with E-state index in [0.717, 1.165) is 38.7 Å². The summed E-state index contributed by atoms with van der Waals surface area (Å²) >= 11 is 0. The van der Waals surface area contributed by atoms with E-state index in [2.05, 4.69) is 49.1 Å². The van der Waals surface area contributed by atoms with Gasteiger partial charge in [-0.25, -0.2) is 4.79 Å². The average Bonchev–Trinajstić information content (AvgIpc) is 3.33. The summed E-state index contributed by atoms with van der Waals surface area (Å²) in [6, 6.07) is 0.926. The van der Waals surface area contributed by atoms with Gasteiger partial charge in [-0.3, -0.25) is 28.6 Å². The molecule has 1 fully saturated rings. The van der Waals surface area contributed by atoms with Crippen LogP contribution >= 0.6 is 8.30 Å². The van der Waals surface area contributed by atoms with Crippen LogP contribution in [0, 0.1) is 6.92 Å². The monoisotopic (exact) mass is 604 g/mol. The van der Waals surface area contributed by atoms with Gasteiger partial charge in [0.25, 0.3) is 5.56 Å². The molecule has 11 nitrogen and oxygen atoms in total. The minimum atomic E-state index is -0.747. The third-order valence-corrected chi connectivity index (χ3v) is 8.92. The Labute approximate surface area is 248 Å². The zero-order valence-electron chi connectivity index (χ0n) is 27.8. The van der Waals surface area contributed by atoms with Crippen molar-refractivity contribution in [2.75, 3.05) is 20.4 Å². The van der Waals surface area contributed by atoms with Gasteiger partial charge in [-0.05, 0) is 61.0 Å². The van der Waals surface area contributed by atoms with Crippen LogP contribution in [0.2, 0.25) is 0 Å². The highest BCUT2D eigenvalue weighted by Gasteiger charge is 2.36. The first kappa shape index (κ1) is 33.6. The van der Waals surface area contributed by atoms with Crippen LogP contribution in [-0.2, 0) is 23.6 Å². The maximum atomic E-state index is 12.4. The summed E-state index contributed by atoms with van der Waals surface area (Å²) in [5, 5.41) is 3.50. The van der Waals surface area contributed by atoms with Gasteiger partial charge in [0.05, 0.1) is 19.1 Å². The standard InChI is InChI=1S/C28H48N3O7P.CH4O/c1-19(2)31(20(3)4)39(7)36-16-12-10-8-9-11-13-23(32)14-15-26(33)38-24-17-25(37-22(24)6)30-18-21(5)27(34)29-28(30)35;1-2/h18-20,22,24-25H,8-17H2,1-7H3,(H,29,34,35);2H,1H3/t22-,24?,25-,39?;/m1./s1/i6D;2T. The number of carbonyl (C=O) groups excluding carboxylic acids is 2. The molecule has 2 rings (SSSR count). The second-order valence-electron chi connectivity index (χ2n) is 10.8. The molecule has 0 amide bonds. The number of hydrogen-bond acceptors (Lipinski definition) is 9. The third kappa shape index (κ3) is 12.9. The predicted octanol–water partition coefficient (Wildman–Crippen LogP) is 4.44. The minimum absolute atomic E-state index is 0.0243. The first-order valence-corrected chi connectivity index (χ1v) is 16.1. The average molecular weight is 605 g/mol.